The van der Waals surface area contributed by atoms with Gasteiger partial charge in [0.05, 0.1) is 11.7 Å². The highest BCUT2D eigenvalue weighted by Crippen LogP contribution is 2.45. The molecule has 0 aliphatic rings. The maximum Gasteiger partial charge on any atom is 0.101 e. The van der Waals surface area contributed by atoms with E-state index in [2.05, 4.69) is 132 Å². The highest BCUT2D eigenvalue weighted by Gasteiger charge is 2.20. The molecule has 3 nitrogen and oxygen atoms in total. The Balaban J connectivity index is 1.51. The van der Waals surface area contributed by atoms with Crippen molar-refractivity contribution in [2.75, 3.05) is 0 Å². The number of rotatable bonds is 4. The van der Waals surface area contributed by atoms with Gasteiger partial charge in [0.1, 0.15) is 5.69 Å². The van der Waals surface area contributed by atoms with Gasteiger partial charge in [0.2, 0.25) is 0 Å². The first kappa shape index (κ1) is 23.4. The maximum absolute atomic E-state index is 5.09. The van der Waals surface area contributed by atoms with Crippen LogP contribution >= 0.6 is 0 Å². The van der Waals surface area contributed by atoms with Gasteiger partial charge < -0.3 is 0 Å². The van der Waals surface area contributed by atoms with E-state index in [4.69, 9.17) is 5.10 Å². The molecule has 192 valence electrons. The van der Waals surface area contributed by atoms with Gasteiger partial charge in [0, 0.05) is 23.5 Å². The maximum atomic E-state index is 5.09. The van der Waals surface area contributed by atoms with Crippen molar-refractivity contribution in [1.82, 2.24) is 14.6 Å². The minimum Gasteiger partial charge on any atom is -0.261 e. The summed E-state index contributed by atoms with van der Waals surface area (Å²) in [4.78, 5) is 4.43. The third kappa shape index (κ3) is 3.82. The highest BCUT2D eigenvalue weighted by molar-refractivity contribution is 6.22. The van der Waals surface area contributed by atoms with Gasteiger partial charge in [0.15, 0.2) is 0 Å². The fourth-order valence-electron chi connectivity index (χ4n) is 6.15. The number of benzene rings is 6. The number of hydrogen-bond donors (Lipinski definition) is 0. The Morgan fingerprint density at radius 3 is 1.56 bits per heavy atom. The van der Waals surface area contributed by atoms with Crippen molar-refractivity contribution in [2.24, 2.45) is 0 Å². The topological polar surface area (TPSA) is 30.2 Å². The molecule has 3 heteroatoms. The Hall–Kier alpha value is -5.54. The zero-order valence-corrected chi connectivity index (χ0v) is 22.3. The minimum atomic E-state index is 0.944. The Morgan fingerprint density at radius 2 is 0.951 bits per heavy atom. The van der Waals surface area contributed by atoms with Crippen molar-refractivity contribution in [3.05, 3.63) is 152 Å². The van der Waals surface area contributed by atoms with Crippen LogP contribution in [0, 0.1) is 0 Å². The molecule has 0 N–H and O–H groups in total. The molecular weight excluding hydrogens is 498 g/mol. The van der Waals surface area contributed by atoms with Gasteiger partial charge in [-0.05, 0) is 55.4 Å². The second kappa shape index (κ2) is 9.58. The lowest BCUT2D eigenvalue weighted by molar-refractivity contribution is 0.950. The molecule has 8 aromatic rings. The Morgan fingerprint density at radius 1 is 0.439 bits per heavy atom. The van der Waals surface area contributed by atoms with Crippen LogP contribution in [0.3, 0.4) is 0 Å². The summed E-state index contributed by atoms with van der Waals surface area (Å²) in [5, 5.41) is 10.0. The van der Waals surface area contributed by atoms with E-state index in [1.807, 2.05) is 23.0 Å². The highest BCUT2D eigenvalue weighted by atomic mass is 15.2. The second-order valence-electron chi connectivity index (χ2n) is 10.3. The van der Waals surface area contributed by atoms with E-state index in [0.29, 0.717) is 0 Å². The predicted octanol–water partition coefficient (Wildman–Crippen LogP) is 9.70. The lowest BCUT2D eigenvalue weighted by Gasteiger charge is -2.18. The lowest BCUT2D eigenvalue weighted by atomic mass is 9.85. The van der Waals surface area contributed by atoms with Crippen molar-refractivity contribution in [3.8, 4) is 44.6 Å². The van der Waals surface area contributed by atoms with Gasteiger partial charge in [0.25, 0.3) is 0 Å². The molecule has 0 saturated heterocycles. The smallest absolute Gasteiger partial charge is 0.101 e. The quantitative estimate of drug-likeness (QED) is 0.215. The van der Waals surface area contributed by atoms with Crippen LogP contribution in [-0.4, -0.2) is 14.6 Å². The normalized spacial score (nSPS) is 11.4. The molecule has 8 rings (SSSR count). The molecule has 0 saturated carbocycles. The monoisotopic (exact) mass is 523 g/mol. The summed E-state index contributed by atoms with van der Waals surface area (Å²) in [7, 11) is 0. The predicted molar refractivity (Wildman–Crippen MR) is 170 cm³/mol. The van der Waals surface area contributed by atoms with Crippen LogP contribution in [0.1, 0.15) is 0 Å². The van der Waals surface area contributed by atoms with Gasteiger partial charge in [-0.25, -0.2) is 4.52 Å². The fraction of sp³-hybridized carbons (Fsp3) is 0. The van der Waals surface area contributed by atoms with E-state index >= 15 is 0 Å². The number of aromatic nitrogens is 3. The molecule has 0 bridgehead atoms. The van der Waals surface area contributed by atoms with Crippen LogP contribution in [0.2, 0.25) is 0 Å². The molecule has 0 atom stereocenters. The van der Waals surface area contributed by atoms with Crippen molar-refractivity contribution in [2.45, 2.75) is 0 Å². The van der Waals surface area contributed by atoms with Crippen LogP contribution in [-0.2, 0) is 0 Å². The number of fused-ring (bicyclic) bond motifs is 3. The Labute approximate surface area is 238 Å². The van der Waals surface area contributed by atoms with E-state index < -0.39 is 0 Å². The first-order chi connectivity index (χ1) is 20.4. The molecule has 41 heavy (non-hydrogen) atoms. The van der Waals surface area contributed by atoms with Crippen molar-refractivity contribution < 1.29 is 0 Å². The standard InChI is InChI=1S/C38H25N3/c1-4-12-26(13-5-1)35-30-18-10-11-19-31(30)36(27-14-6-2-7-15-27)33-24-29(20-21-32(33)35)38-37(28-16-8-3-9-17-28)34-25-39-22-23-41(34)40-38/h1-25H. The first-order valence-corrected chi connectivity index (χ1v) is 13.8. The van der Waals surface area contributed by atoms with Gasteiger partial charge in [-0.3, -0.25) is 4.98 Å². The summed E-state index contributed by atoms with van der Waals surface area (Å²) in [6.07, 6.45) is 5.60. The SMILES string of the molecule is c1ccc(-c2c3ccccc3c(-c3ccccc3)c3cc(-c4nn5ccncc5c4-c4ccccc4)ccc23)cc1. The average Bonchev–Trinajstić information content (AvgIpc) is 3.44. The van der Waals surface area contributed by atoms with Gasteiger partial charge >= 0.3 is 0 Å². The number of hydrogen-bond acceptors (Lipinski definition) is 2. The van der Waals surface area contributed by atoms with E-state index in [1.165, 1.54) is 43.8 Å². The Kier molecular flexibility index (Phi) is 5.46. The van der Waals surface area contributed by atoms with Crippen molar-refractivity contribution >= 4 is 27.1 Å². The molecule has 0 fully saturated rings. The third-order valence-corrected chi connectivity index (χ3v) is 7.92. The molecule has 6 aromatic carbocycles. The fourth-order valence-corrected chi connectivity index (χ4v) is 6.15. The van der Waals surface area contributed by atoms with Crippen molar-refractivity contribution in [1.29, 1.82) is 0 Å². The molecule has 2 heterocycles. The molecule has 2 aromatic heterocycles. The largest absolute Gasteiger partial charge is 0.261 e. The van der Waals surface area contributed by atoms with E-state index in [0.717, 1.165) is 27.9 Å². The molecular formula is C38H25N3. The summed E-state index contributed by atoms with van der Waals surface area (Å²) >= 11 is 0. The average molecular weight is 524 g/mol. The lowest BCUT2D eigenvalue weighted by Crippen LogP contribution is -1.92. The molecule has 0 aliphatic carbocycles. The molecule has 0 spiro atoms. The second-order valence-corrected chi connectivity index (χ2v) is 10.3. The van der Waals surface area contributed by atoms with Crippen LogP contribution in [0.4, 0.5) is 0 Å². The molecule has 0 aliphatic heterocycles. The van der Waals surface area contributed by atoms with Crippen LogP contribution in [0.25, 0.3) is 71.7 Å². The zero-order chi connectivity index (χ0) is 27.2. The van der Waals surface area contributed by atoms with E-state index in [9.17, 15) is 0 Å². The summed E-state index contributed by atoms with van der Waals surface area (Å²) in [6.45, 7) is 0. The summed E-state index contributed by atoms with van der Waals surface area (Å²) in [6, 6.07) is 47.6. The van der Waals surface area contributed by atoms with Crippen LogP contribution < -0.4 is 0 Å². The van der Waals surface area contributed by atoms with Crippen LogP contribution in [0.5, 0.6) is 0 Å². The summed E-state index contributed by atoms with van der Waals surface area (Å²) in [5.74, 6) is 0. The van der Waals surface area contributed by atoms with Gasteiger partial charge in [-0.1, -0.05) is 127 Å². The van der Waals surface area contributed by atoms with Gasteiger partial charge in [-0.15, -0.1) is 0 Å². The third-order valence-electron chi connectivity index (χ3n) is 7.92. The van der Waals surface area contributed by atoms with E-state index in [-0.39, 0.29) is 0 Å². The van der Waals surface area contributed by atoms with E-state index in [1.54, 1.807) is 6.20 Å². The first-order valence-electron chi connectivity index (χ1n) is 13.8. The zero-order valence-electron chi connectivity index (χ0n) is 22.3. The Bertz CT molecular complexity index is 2180. The number of nitrogens with zero attached hydrogens (tertiary/aromatic N) is 3. The van der Waals surface area contributed by atoms with Gasteiger partial charge in [-0.2, -0.15) is 5.10 Å². The molecule has 0 unspecified atom stereocenters. The van der Waals surface area contributed by atoms with Crippen molar-refractivity contribution in [3.63, 3.8) is 0 Å². The molecule has 0 amide bonds. The summed E-state index contributed by atoms with van der Waals surface area (Å²) in [5.41, 5.74) is 10.1. The minimum absolute atomic E-state index is 0.944. The molecule has 0 radical (unpaired) electrons. The van der Waals surface area contributed by atoms with Crippen LogP contribution in [0.15, 0.2) is 152 Å². The summed E-state index contributed by atoms with van der Waals surface area (Å²) < 4.78 is 1.93.